The van der Waals surface area contributed by atoms with E-state index in [2.05, 4.69) is 29.0 Å². The van der Waals surface area contributed by atoms with Crippen molar-refractivity contribution in [2.45, 2.75) is 19.9 Å². The topological polar surface area (TPSA) is 71.3 Å². The van der Waals surface area contributed by atoms with Crippen molar-refractivity contribution in [1.82, 2.24) is 10.3 Å². The van der Waals surface area contributed by atoms with Gasteiger partial charge in [0.05, 0.1) is 5.69 Å². The molecule has 1 aromatic rings. The number of rotatable bonds is 3. The molecule has 1 N–H and O–H groups in total. The fourth-order valence-corrected chi connectivity index (χ4v) is 2.30. The number of aromatic nitrogens is 1. The first-order chi connectivity index (χ1) is 8.59. The molecule has 1 aliphatic heterocycles. The van der Waals surface area contributed by atoms with Crippen molar-refractivity contribution in [1.29, 1.82) is 0 Å². The van der Waals surface area contributed by atoms with Gasteiger partial charge >= 0.3 is 5.82 Å². The summed E-state index contributed by atoms with van der Waals surface area (Å²) in [5, 5.41) is 14.0. The van der Waals surface area contributed by atoms with Crippen LogP contribution in [0.2, 0.25) is 0 Å². The van der Waals surface area contributed by atoms with Crippen LogP contribution in [0.1, 0.15) is 13.8 Å². The number of nitrogens with one attached hydrogen (secondary N) is 1. The van der Waals surface area contributed by atoms with Gasteiger partial charge in [-0.25, -0.2) is 0 Å². The Morgan fingerprint density at radius 3 is 2.89 bits per heavy atom. The molecule has 1 aliphatic rings. The van der Waals surface area contributed by atoms with E-state index in [1.54, 1.807) is 12.3 Å². The highest BCUT2D eigenvalue weighted by atomic mass is 16.6. The average Bonchev–Trinajstić information content (AvgIpc) is 2.39. The molecule has 1 fully saturated rings. The lowest BCUT2D eigenvalue weighted by Gasteiger charge is -2.39. The molecule has 98 valence electrons. The minimum atomic E-state index is -0.471. The van der Waals surface area contributed by atoms with Gasteiger partial charge in [0.25, 0.3) is 0 Å². The summed E-state index contributed by atoms with van der Waals surface area (Å²) < 4.78 is 0. The molecule has 0 bridgehead atoms. The first-order valence-corrected chi connectivity index (χ1v) is 6.17. The van der Waals surface area contributed by atoms with E-state index in [0.717, 1.165) is 25.3 Å². The lowest BCUT2D eigenvalue weighted by atomic mass is 10.00. The monoisotopic (exact) mass is 250 g/mol. The molecule has 0 radical (unpaired) electrons. The molecular weight excluding hydrogens is 232 g/mol. The Morgan fingerprint density at radius 1 is 1.56 bits per heavy atom. The molecule has 1 saturated heterocycles. The van der Waals surface area contributed by atoms with E-state index in [0.29, 0.717) is 12.0 Å². The van der Waals surface area contributed by atoms with E-state index >= 15 is 0 Å². The van der Waals surface area contributed by atoms with Crippen LogP contribution in [-0.4, -0.2) is 35.6 Å². The van der Waals surface area contributed by atoms with Crippen molar-refractivity contribution >= 4 is 11.5 Å². The summed E-state index contributed by atoms with van der Waals surface area (Å²) in [6.45, 7) is 7.14. The lowest BCUT2D eigenvalue weighted by molar-refractivity contribution is -0.389. The first-order valence-electron chi connectivity index (χ1n) is 6.17. The van der Waals surface area contributed by atoms with Crippen molar-refractivity contribution in [3.63, 3.8) is 0 Å². The number of nitrogens with zero attached hydrogens (tertiary/aromatic N) is 3. The molecule has 6 nitrogen and oxygen atoms in total. The van der Waals surface area contributed by atoms with Gasteiger partial charge in [0.2, 0.25) is 0 Å². The average molecular weight is 250 g/mol. The largest absolute Gasteiger partial charge is 0.363 e. The maximum absolute atomic E-state index is 10.6. The van der Waals surface area contributed by atoms with Crippen molar-refractivity contribution < 1.29 is 4.92 Å². The van der Waals surface area contributed by atoms with Gasteiger partial charge in [0.15, 0.2) is 6.20 Å². The smallest absolute Gasteiger partial charge is 0.363 e. The number of nitro groups is 1. The van der Waals surface area contributed by atoms with Gasteiger partial charge in [-0.15, -0.1) is 0 Å². The third-order valence-corrected chi connectivity index (χ3v) is 3.30. The van der Waals surface area contributed by atoms with Gasteiger partial charge in [-0.1, -0.05) is 13.8 Å². The van der Waals surface area contributed by atoms with Crippen LogP contribution >= 0.6 is 0 Å². The standard InChI is InChI=1S/C12H18N4O2/c1-9(2)11-8-13-5-6-15(11)10-3-4-12(14-7-10)16(17)18/h3-4,7,9,11,13H,5-6,8H2,1-2H3. The Bertz CT molecular complexity index is 419. The maximum Gasteiger partial charge on any atom is 0.363 e. The number of pyridine rings is 1. The van der Waals surface area contributed by atoms with Crippen LogP contribution in [0.3, 0.4) is 0 Å². The van der Waals surface area contributed by atoms with Gasteiger partial charge in [-0.05, 0) is 21.9 Å². The van der Waals surface area contributed by atoms with Crippen LogP contribution in [0.4, 0.5) is 11.5 Å². The van der Waals surface area contributed by atoms with Crippen LogP contribution in [0.5, 0.6) is 0 Å². The molecule has 1 atom stereocenters. The van der Waals surface area contributed by atoms with Crippen LogP contribution in [0.15, 0.2) is 18.3 Å². The molecule has 0 aliphatic carbocycles. The Hall–Kier alpha value is -1.69. The third kappa shape index (κ3) is 2.59. The van der Waals surface area contributed by atoms with Crippen LogP contribution < -0.4 is 10.2 Å². The molecule has 6 heteroatoms. The lowest BCUT2D eigenvalue weighted by Crippen LogP contribution is -2.53. The zero-order valence-corrected chi connectivity index (χ0v) is 10.7. The van der Waals surface area contributed by atoms with Crippen LogP contribution in [-0.2, 0) is 0 Å². The molecule has 0 aromatic carbocycles. The van der Waals surface area contributed by atoms with E-state index in [9.17, 15) is 10.1 Å². The molecule has 0 spiro atoms. The number of piperazine rings is 1. The molecular formula is C12H18N4O2. The summed E-state index contributed by atoms with van der Waals surface area (Å²) >= 11 is 0. The van der Waals surface area contributed by atoms with E-state index < -0.39 is 4.92 Å². The molecule has 1 unspecified atom stereocenters. The summed E-state index contributed by atoms with van der Waals surface area (Å²) in [5.41, 5.74) is 0.959. The van der Waals surface area contributed by atoms with Crippen LogP contribution in [0.25, 0.3) is 0 Å². The molecule has 0 saturated carbocycles. The summed E-state index contributed by atoms with van der Waals surface area (Å²) in [6.07, 6.45) is 1.60. The SMILES string of the molecule is CC(C)C1CNCCN1c1ccc([N+](=O)[O-])nc1. The quantitative estimate of drug-likeness (QED) is 0.649. The maximum atomic E-state index is 10.6. The zero-order chi connectivity index (χ0) is 13.1. The predicted octanol–water partition coefficient (Wildman–Crippen LogP) is 1.42. The summed E-state index contributed by atoms with van der Waals surface area (Å²) in [7, 11) is 0. The second kappa shape index (κ2) is 5.30. The summed E-state index contributed by atoms with van der Waals surface area (Å²) in [4.78, 5) is 16.3. The first kappa shape index (κ1) is 12.8. The Morgan fingerprint density at radius 2 is 2.33 bits per heavy atom. The van der Waals surface area contributed by atoms with Crippen molar-refractivity contribution in [3.8, 4) is 0 Å². The van der Waals surface area contributed by atoms with E-state index in [1.807, 2.05) is 0 Å². The highest BCUT2D eigenvalue weighted by Gasteiger charge is 2.26. The molecule has 1 aromatic heterocycles. The molecule has 18 heavy (non-hydrogen) atoms. The molecule has 2 heterocycles. The third-order valence-electron chi connectivity index (χ3n) is 3.30. The molecule has 0 amide bonds. The fraction of sp³-hybridized carbons (Fsp3) is 0.583. The normalized spacial score (nSPS) is 20.2. The van der Waals surface area contributed by atoms with E-state index in [4.69, 9.17) is 0 Å². The van der Waals surface area contributed by atoms with Gasteiger partial charge in [0.1, 0.15) is 0 Å². The minimum Gasteiger partial charge on any atom is -0.363 e. The summed E-state index contributed by atoms with van der Waals surface area (Å²) in [6, 6.07) is 3.66. The highest BCUT2D eigenvalue weighted by molar-refractivity contribution is 5.48. The number of hydrogen-bond acceptors (Lipinski definition) is 5. The van der Waals surface area contributed by atoms with E-state index in [-0.39, 0.29) is 5.82 Å². The van der Waals surface area contributed by atoms with Crippen LogP contribution in [0, 0.1) is 16.0 Å². The van der Waals surface area contributed by atoms with Gasteiger partial charge in [-0.3, -0.25) is 0 Å². The predicted molar refractivity (Wildman–Crippen MR) is 69.7 cm³/mol. The Kier molecular flexibility index (Phi) is 3.76. The number of anilines is 1. The zero-order valence-electron chi connectivity index (χ0n) is 10.7. The van der Waals surface area contributed by atoms with Gasteiger partial charge in [-0.2, -0.15) is 0 Å². The summed E-state index contributed by atoms with van der Waals surface area (Å²) in [5.74, 6) is 0.419. The van der Waals surface area contributed by atoms with Gasteiger partial charge < -0.3 is 20.3 Å². The second-order valence-electron chi connectivity index (χ2n) is 4.84. The molecule has 2 rings (SSSR count). The minimum absolute atomic E-state index is 0.102. The van der Waals surface area contributed by atoms with E-state index in [1.165, 1.54) is 6.07 Å². The highest BCUT2D eigenvalue weighted by Crippen LogP contribution is 2.23. The van der Waals surface area contributed by atoms with Crippen molar-refractivity contribution in [3.05, 3.63) is 28.4 Å². The Balaban J connectivity index is 2.20. The number of hydrogen-bond donors (Lipinski definition) is 1. The Labute approximate surface area is 106 Å². The van der Waals surface area contributed by atoms with Crippen molar-refractivity contribution in [2.75, 3.05) is 24.5 Å². The fourth-order valence-electron chi connectivity index (χ4n) is 2.30. The van der Waals surface area contributed by atoms with Crippen molar-refractivity contribution in [2.24, 2.45) is 5.92 Å². The second-order valence-corrected chi connectivity index (χ2v) is 4.84. The van der Waals surface area contributed by atoms with Gasteiger partial charge in [0, 0.05) is 31.7 Å².